The maximum absolute atomic E-state index is 14.7. The Labute approximate surface area is 324 Å². The molecule has 3 aromatic rings. The van der Waals surface area contributed by atoms with Crippen LogP contribution < -0.4 is 20.6 Å². The Morgan fingerprint density at radius 3 is 2.25 bits per heavy atom. The zero-order valence-electron chi connectivity index (χ0n) is 28.6. The molecule has 8 N–H and O–H groups in total. The lowest BCUT2D eigenvalue weighted by molar-refractivity contribution is -0.123. The summed E-state index contributed by atoms with van der Waals surface area (Å²) in [7, 11) is -1.96. The van der Waals surface area contributed by atoms with Crippen molar-refractivity contribution in [3.8, 4) is 23.0 Å². The molecule has 7 amide bonds. The van der Waals surface area contributed by atoms with Crippen molar-refractivity contribution in [3.05, 3.63) is 74.5 Å². The molecule has 296 valence electrons. The lowest BCUT2D eigenvalue weighted by Gasteiger charge is -2.36. The number of imide groups is 1. The summed E-state index contributed by atoms with van der Waals surface area (Å²) in [6.07, 6.45) is 0.174. The van der Waals surface area contributed by atoms with Crippen molar-refractivity contribution in [2.45, 2.75) is 37.3 Å². The number of hydrogen-bond donors (Lipinski definition) is 8. The molecular weight excluding hydrogens is 795 g/mol. The van der Waals surface area contributed by atoms with Crippen LogP contribution in [-0.4, -0.2) is 115 Å². The number of carbonyl (C=O) groups is 5. The van der Waals surface area contributed by atoms with E-state index in [-0.39, 0.29) is 56.0 Å². The second kappa shape index (κ2) is 15.7. The number of likely N-dealkylation sites (tertiary alicyclic amines) is 1. The molecule has 2 saturated heterocycles. The molecule has 0 radical (unpaired) electrons. The van der Waals surface area contributed by atoms with Gasteiger partial charge in [-0.05, 0) is 49.1 Å². The maximum atomic E-state index is 14.7. The Hall–Kier alpha value is -5.80. The van der Waals surface area contributed by atoms with Gasteiger partial charge in [0.1, 0.15) is 45.4 Å². The smallest absolute Gasteiger partial charge is 0.534 e. The number of nitrogens with one attached hydrogen (secondary N) is 3. The van der Waals surface area contributed by atoms with E-state index in [1.54, 1.807) is 0 Å². The number of carboxylic acid groups (broad SMARTS) is 1. The quantitative estimate of drug-likeness (QED) is 0.127. The lowest BCUT2D eigenvalue weighted by Crippen LogP contribution is -2.56. The minimum absolute atomic E-state index is 0.0312. The number of phenolic OH excluding ortho intramolecular Hbond substituents is 3. The molecule has 56 heavy (non-hydrogen) atoms. The third-order valence-corrected chi connectivity index (χ3v) is 10.3. The van der Waals surface area contributed by atoms with Crippen LogP contribution in [-0.2, 0) is 11.2 Å². The standard InChI is InChI=1S/C33H30BCl2F3N6O11/c35-22-15(12-18(39)26(47)27(22)48)24(29(49)40-20-11-13-1-2-16(37)21(30(50)51)28(13)56-34(20)55)41-32(53)45-10-9-44(33(45)54)14-5-7-43(8-6-14)31(52)42-25-17(38)3-4-19(46)23(25)36/h1-4,12,14,20,24,46-48,55H,5-11H2,(H,40,49)(H,41,53)(H,42,52)(H,50,51)/t20-,24?/m0/s1. The van der Waals surface area contributed by atoms with E-state index >= 15 is 0 Å². The predicted molar refractivity (Wildman–Crippen MR) is 189 cm³/mol. The zero-order valence-corrected chi connectivity index (χ0v) is 30.1. The van der Waals surface area contributed by atoms with Crippen molar-refractivity contribution in [3.63, 3.8) is 0 Å². The van der Waals surface area contributed by atoms with E-state index in [1.807, 2.05) is 0 Å². The fraction of sp³-hybridized carbons (Fsp3) is 0.303. The number of anilines is 1. The second-order valence-electron chi connectivity index (χ2n) is 12.9. The molecule has 0 saturated carbocycles. The molecule has 0 spiro atoms. The van der Waals surface area contributed by atoms with Crippen molar-refractivity contribution in [2.24, 2.45) is 0 Å². The highest BCUT2D eigenvalue weighted by molar-refractivity contribution is 6.47. The molecule has 3 heterocycles. The summed E-state index contributed by atoms with van der Waals surface area (Å²) in [4.78, 5) is 68.9. The summed E-state index contributed by atoms with van der Waals surface area (Å²) in [5.74, 6) is -11.1. The van der Waals surface area contributed by atoms with E-state index in [9.17, 15) is 62.6 Å². The van der Waals surface area contributed by atoms with Gasteiger partial charge in [0.25, 0.3) is 0 Å². The van der Waals surface area contributed by atoms with Gasteiger partial charge in [-0.3, -0.25) is 4.79 Å². The van der Waals surface area contributed by atoms with Crippen molar-refractivity contribution in [1.29, 1.82) is 0 Å². The lowest BCUT2D eigenvalue weighted by atomic mass is 9.72. The molecule has 3 aliphatic heterocycles. The largest absolute Gasteiger partial charge is 0.547 e. The molecule has 3 aliphatic rings. The minimum atomic E-state index is -2.00. The van der Waals surface area contributed by atoms with E-state index in [4.69, 9.17) is 27.9 Å². The zero-order chi connectivity index (χ0) is 40.7. The number of piperidine rings is 1. The van der Waals surface area contributed by atoms with Gasteiger partial charge in [0.05, 0.1) is 11.0 Å². The predicted octanol–water partition coefficient (Wildman–Crippen LogP) is 3.55. The van der Waals surface area contributed by atoms with Crippen molar-refractivity contribution in [2.75, 3.05) is 31.5 Å². The van der Waals surface area contributed by atoms with Crippen LogP contribution in [0.4, 0.5) is 33.2 Å². The summed E-state index contributed by atoms with van der Waals surface area (Å²) in [5, 5.41) is 55.8. The van der Waals surface area contributed by atoms with E-state index in [0.717, 1.165) is 23.1 Å². The van der Waals surface area contributed by atoms with E-state index in [1.165, 1.54) is 15.9 Å². The Morgan fingerprint density at radius 2 is 1.57 bits per heavy atom. The van der Waals surface area contributed by atoms with Gasteiger partial charge in [-0.25, -0.2) is 37.2 Å². The number of halogens is 5. The topological polar surface area (TPSA) is 242 Å². The van der Waals surface area contributed by atoms with Gasteiger partial charge < -0.3 is 55.9 Å². The van der Waals surface area contributed by atoms with E-state index < -0.39 is 117 Å². The first-order valence-electron chi connectivity index (χ1n) is 16.7. The molecule has 0 aromatic heterocycles. The molecule has 6 rings (SSSR count). The number of benzene rings is 3. The third kappa shape index (κ3) is 7.56. The molecular formula is C33H30BCl2F3N6O11. The molecule has 23 heteroatoms. The number of carbonyl (C=O) groups excluding carboxylic acids is 4. The number of urea groups is 3. The Balaban J connectivity index is 1.15. The highest BCUT2D eigenvalue weighted by atomic mass is 35.5. The number of fused-ring (bicyclic) bond motifs is 1. The number of rotatable bonds is 7. The molecule has 1 unspecified atom stereocenters. The average molecular weight is 825 g/mol. The molecule has 0 bridgehead atoms. The number of carboxylic acids is 1. The first-order valence-corrected chi connectivity index (χ1v) is 17.4. The van der Waals surface area contributed by atoms with Crippen LogP contribution in [0.2, 0.25) is 10.0 Å². The summed E-state index contributed by atoms with van der Waals surface area (Å²) in [6, 6.07) is -0.608. The molecule has 3 aromatic carbocycles. The number of phenols is 3. The number of aromatic hydroxyl groups is 3. The monoisotopic (exact) mass is 824 g/mol. The normalized spacial score (nSPS) is 17.6. The fourth-order valence-corrected chi connectivity index (χ4v) is 7.10. The first kappa shape index (κ1) is 39.9. The number of nitrogens with zero attached hydrogens (tertiary/aromatic N) is 3. The first-order chi connectivity index (χ1) is 26.5. The minimum Gasteiger partial charge on any atom is -0.534 e. The van der Waals surface area contributed by atoms with Crippen molar-refractivity contribution in [1.82, 2.24) is 25.3 Å². The molecule has 2 atom stereocenters. The summed E-state index contributed by atoms with van der Waals surface area (Å²) >= 11 is 12.1. The van der Waals surface area contributed by atoms with Gasteiger partial charge in [-0.1, -0.05) is 29.3 Å². The Morgan fingerprint density at radius 1 is 0.893 bits per heavy atom. The Bertz CT molecular complexity index is 2150. The second-order valence-corrected chi connectivity index (χ2v) is 13.7. The van der Waals surface area contributed by atoms with Crippen molar-refractivity contribution >= 4 is 66.0 Å². The van der Waals surface area contributed by atoms with Gasteiger partial charge in [-0.2, -0.15) is 0 Å². The number of aromatic carboxylic acids is 1. The highest BCUT2D eigenvalue weighted by Gasteiger charge is 2.43. The van der Waals surface area contributed by atoms with Gasteiger partial charge >= 0.3 is 31.2 Å². The molecule has 0 aliphatic carbocycles. The third-order valence-electron chi connectivity index (χ3n) is 9.57. The average Bonchev–Trinajstić information content (AvgIpc) is 3.55. The summed E-state index contributed by atoms with van der Waals surface area (Å²) in [6.45, 7) is 0.0552. The molecule has 2 fully saturated rings. The van der Waals surface area contributed by atoms with E-state index in [2.05, 4.69) is 16.0 Å². The van der Waals surface area contributed by atoms with Crippen molar-refractivity contribution < 1.29 is 67.2 Å². The SMILES string of the molecule is O=C(O)c1c(F)ccc2c1OB(O)[C@@H](NC(=O)C(NC(=O)N1CCN(C3CCN(C(=O)Nc4c(F)ccc(O)c4Cl)CC3)C1=O)c1cc(F)c(O)c(O)c1Cl)C2. The van der Waals surface area contributed by atoms with Gasteiger partial charge in [0, 0.05) is 37.8 Å². The van der Waals surface area contributed by atoms with Crippen LogP contribution in [0.3, 0.4) is 0 Å². The summed E-state index contributed by atoms with van der Waals surface area (Å²) < 4.78 is 48.4. The summed E-state index contributed by atoms with van der Waals surface area (Å²) in [5.41, 5.74) is -1.76. The van der Waals surface area contributed by atoms with Crippen LogP contribution in [0.5, 0.6) is 23.0 Å². The fourth-order valence-electron chi connectivity index (χ4n) is 6.65. The van der Waals surface area contributed by atoms with Gasteiger partial charge in [0.15, 0.2) is 17.3 Å². The number of amides is 7. The van der Waals surface area contributed by atoms with Crippen LogP contribution in [0.25, 0.3) is 0 Å². The van der Waals surface area contributed by atoms with Crippen LogP contribution in [0.1, 0.15) is 40.4 Å². The number of hydrogen-bond acceptors (Lipinski definition) is 10. The van der Waals surface area contributed by atoms with Gasteiger partial charge in [0.2, 0.25) is 5.91 Å². The Kier molecular flexibility index (Phi) is 11.2. The highest BCUT2D eigenvalue weighted by Crippen LogP contribution is 2.41. The van der Waals surface area contributed by atoms with E-state index in [0.29, 0.717) is 6.07 Å². The van der Waals surface area contributed by atoms with Gasteiger partial charge in [-0.15, -0.1) is 0 Å². The van der Waals surface area contributed by atoms with Crippen LogP contribution in [0, 0.1) is 17.5 Å². The van der Waals surface area contributed by atoms with Crippen LogP contribution >= 0.6 is 23.2 Å². The maximum Gasteiger partial charge on any atom is 0.547 e. The van der Waals surface area contributed by atoms with Crippen LogP contribution in [0.15, 0.2) is 30.3 Å². The molecule has 17 nitrogen and oxygen atoms in total.